The van der Waals surface area contributed by atoms with Gasteiger partial charge in [0.15, 0.2) is 0 Å². The molecule has 2 atom stereocenters. The molecule has 0 saturated carbocycles. The molecule has 1 aliphatic rings. The maximum absolute atomic E-state index is 13.1. The molecule has 1 aromatic rings. The van der Waals surface area contributed by atoms with Gasteiger partial charge < -0.3 is 15.1 Å². The van der Waals surface area contributed by atoms with Gasteiger partial charge in [0.2, 0.25) is 10.0 Å². The topological polar surface area (TPSA) is 150 Å². The van der Waals surface area contributed by atoms with Crippen LogP contribution in [-0.2, 0) is 16.4 Å². The minimum Gasteiger partial charge on any atom is -0.465 e. The minimum atomic E-state index is -4.03. The summed E-state index contributed by atoms with van der Waals surface area (Å²) in [6.07, 6.45) is 0.828. The number of nitro benzene ring substituents is 1. The third kappa shape index (κ3) is 6.13. The number of nitrogens with zero attached hydrogens (tertiary/aromatic N) is 2. The first kappa shape index (κ1) is 24.0. The first-order valence-corrected chi connectivity index (χ1v) is 11.4. The van der Waals surface area contributed by atoms with Gasteiger partial charge in [-0.3, -0.25) is 10.1 Å². The van der Waals surface area contributed by atoms with Crippen molar-refractivity contribution < 1.29 is 28.3 Å². The molecule has 0 unspecified atom stereocenters. The number of hydrogen-bond donors (Lipinski definition) is 3. The summed E-state index contributed by atoms with van der Waals surface area (Å²) in [6, 6.07) is 3.06. The van der Waals surface area contributed by atoms with Crippen molar-refractivity contribution in [2.75, 3.05) is 19.7 Å². The number of non-ortho nitro benzene ring substituents is 1. The molecule has 1 amide bonds. The van der Waals surface area contributed by atoms with Crippen LogP contribution in [0, 0.1) is 22.0 Å². The summed E-state index contributed by atoms with van der Waals surface area (Å²) in [5, 5.41) is 29.5. The molecule has 0 aliphatic carbocycles. The Bertz CT molecular complexity index is 873. The maximum atomic E-state index is 13.1. The van der Waals surface area contributed by atoms with E-state index in [1.165, 1.54) is 12.1 Å². The zero-order valence-electron chi connectivity index (χ0n) is 17.2. The van der Waals surface area contributed by atoms with Crippen molar-refractivity contribution in [3.63, 3.8) is 0 Å². The highest BCUT2D eigenvalue weighted by Gasteiger charge is 2.38. The third-order valence-electron chi connectivity index (χ3n) is 5.29. The van der Waals surface area contributed by atoms with Crippen molar-refractivity contribution in [2.45, 2.75) is 50.5 Å². The fourth-order valence-electron chi connectivity index (χ4n) is 3.65. The molecular formula is C19H29N3O7S. The van der Waals surface area contributed by atoms with E-state index in [9.17, 15) is 28.4 Å². The van der Waals surface area contributed by atoms with Gasteiger partial charge in [-0.2, -0.15) is 0 Å². The molecule has 10 nitrogen and oxygen atoms in total. The molecule has 3 N–H and O–H groups in total. The molecule has 30 heavy (non-hydrogen) atoms. The summed E-state index contributed by atoms with van der Waals surface area (Å²) in [4.78, 5) is 23.0. The number of aliphatic hydroxyl groups is 1. The average molecular weight is 444 g/mol. The van der Waals surface area contributed by atoms with Crippen LogP contribution < -0.4 is 4.72 Å². The van der Waals surface area contributed by atoms with E-state index in [2.05, 4.69) is 4.72 Å². The van der Waals surface area contributed by atoms with Crippen molar-refractivity contribution >= 4 is 21.8 Å². The number of nitro groups is 1. The number of likely N-dealkylation sites (tertiary alicyclic amines) is 1. The quantitative estimate of drug-likeness (QED) is 0.370. The maximum Gasteiger partial charge on any atom is 0.407 e. The molecule has 1 heterocycles. The van der Waals surface area contributed by atoms with Crippen LogP contribution in [0.15, 0.2) is 23.1 Å². The van der Waals surface area contributed by atoms with Gasteiger partial charge in [-0.1, -0.05) is 13.8 Å². The number of hydrogen-bond acceptors (Lipinski definition) is 6. The Labute approximate surface area is 176 Å². The molecular weight excluding hydrogens is 414 g/mol. The molecule has 1 aliphatic heterocycles. The predicted molar refractivity (Wildman–Crippen MR) is 110 cm³/mol. The largest absolute Gasteiger partial charge is 0.465 e. The second kappa shape index (κ2) is 10.2. The van der Waals surface area contributed by atoms with Gasteiger partial charge in [0, 0.05) is 37.9 Å². The van der Waals surface area contributed by atoms with E-state index in [0.29, 0.717) is 31.2 Å². The Morgan fingerprint density at radius 1 is 1.37 bits per heavy atom. The van der Waals surface area contributed by atoms with Crippen molar-refractivity contribution in [3.05, 3.63) is 33.9 Å². The fraction of sp³-hybridized carbons (Fsp3) is 0.632. The Balaban J connectivity index is 2.32. The summed E-state index contributed by atoms with van der Waals surface area (Å²) in [7, 11) is -4.03. The summed E-state index contributed by atoms with van der Waals surface area (Å²) in [6.45, 7) is 4.09. The van der Waals surface area contributed by atoms with Gasteiger partial charge >= 0.3 is 6.09 Å². The van der Waals surface area contributed by atoms with Gasteiger partial charge in [0.05, 0.1) is 9.82 Å². The molecule has 0 bridgehead atoms. The van der Waals surface area contributed by atoms with Crippen molar-refractivity contribution in [2.24, 2.45) is 11.8 Å². The Kier molecular flexibility index (Phi) is 8.16. The second-order valence-corrected chi connectivity index (χ2v) is 9.71. The van der Waals surface area contributed by atoms with Crippen LogP contribution in [0.5, 0.6) is 0 Å². The number of nitrogens with one attached hydrogen (secondary N) is 1. The van der Waals surface area contributed by atoms with E-state index in [0.717, 1.165) is 11.0 Å². The number of benzene rings is 1. The van der Waals surface area contributed by atoms with Gasteiger partial charge in [0.1, 0.15) is 0 Å². The minimum absolute atomic E-state index is 0.0129. The predicted octanol–water partition coefficient (Wildman–Crippen LogP) is 2.21. The zero-order chi connectivity index (χ0) is 22.5. The van der Waals surface area contributed by atoms with Crippen LogP contribution >= 0.6 is 0 Å². The lowest BCUT2D eigenvalue weighted by atomic mass is 9.99. The van der Waals surface area contributed by atoms with E-state index < -0.39 is 27.1 Å². The van der Waals surface area contributed by atoms with Crippen molar-refractivity contribution in [3.8, 4) is 0 Å². The van der Waals surface area contributed by atoms with Gasteiger partial charge in [-0.05, 0) is 49.1 Å². The average Bonchev–Trinajstić information content (AvgIpc) is 3.06. The highest BCUT2D eigenvalue weighted by atomic mass is 32.2. The number of aliphatic hydroxyl groups excluding tert-OH is 1. The SMILES string of the molecule is CC(C)CCc1cc([N+](=O)[O-])ccc1S(=O)(=O)N[C@@H]1CN(C(=O)O)C[C@H]1CCCO. The van der Waals surface area contributed by atoms with E-state index in [-0.39, 0.29) is 42.1 Å². The molecule has 0 aromatic heterocycles. The molecule has 168 valence electrons. The van der Waals surface area contributed by atoms with E-state index >= 15 is 0 Å². The van der Waals surface area contributed by atoms with Crippen molar-refractivity contribution in [1.29, 1.82) is 0 Å². The van der Waals surface area contributed by atoms with E-state index in [1.807, 2.05) is 13.8 Å². The number of amides is 1. The Morgan fingerprint density at radius 2 is 2.07 bits per heavy atom. The van der Waals surface area contributed by atoms with Gasteiger partial charge in [-0.15, -0.1) is 0 Å². The highest BCUT2D eigenvalue weighted by Crippen LogP contribution is 2.27. The van der Waals surface area contributed by atoms with Crippen LogP contribution in [0.3, 0.4) is 0 Å². The van der Waals surface area contributed by atoms with E-state index in [1.54, 1.807) is 0 Å². The number of carbonyl (C=O) groups is 1. The lowest BCUT2D eigenvalue weighted by Gasteiger charge is -2.20. The molecule has 0 spiro atoms. The summed E-state index contributed by atoms with van der Waals surface area (Å²) in [5.74, 6) is 0.0229. The number of aryl methyl sites for hydroxylation is 1. The molecule has 1 fully saturated rings. The Hall–Kier alpha value is -2.24. The molecule has 0 radical (unpaired) electrons. The molecule has 11 heteroatoms. The molecule has 2 rings (SSSR count). The zero-order valence-corrected chi connectivity index (χ0v) is 18.0. The smallest absolute Gasteiger partial charge is 0.407 e. The lowest BCUT2D eigenvalue weighted by molar-refractivity contribution is -0.385. The normalized spacial score (nSPS) is 19.4. The number of rotatable bonds is 10. The highest BCUT2D eigenvalue weighted by molar-refractivity contribution is 7.89. The first-order chi connectivity index (χ1) is 14.0. The number of sulfonamides is 1. The third-order valence-corrected chi connectivity index (χ3v) is 6.88. The molecule has 1 saturated heterocycles. The van der Waals surface area contributed by atoms with Gasteiger partial charge in [0.25, 0.3) is 5.69 Å². The monoisotopic (exact) mass is 443 g/mol. The summed E-state index contributed by atoms with van der Waals surface area (Å²) >= 11 is 0. The van der Waals surface area contributed by atoms with Crippen LogP contribution in [-0.4, -0.2) is 60.3 Å². The summed E-state index contributed by atoms with van der Waals surface area (Å²) < 4.78 is 28.9. The summed E-state index contributed by atoms with van der Waals surface area (Å²) in [5.41, 5.74) is 0.192. The second-order valence-electron chi connectivity index (χ2n) is 8.02. The van der Waals surface area contributed by atoms with Crippen molar-refractivity contribution in [1.82, 2.24) is 9.62 Å². The van der Waals surface area contributed by atoms with Crippen LogP contribution in [0.25, 0.3) is 0 Å². The lowest BCUT2D eigenvalue weighted by Crippen LogP contribution is -2.41. The van der Waals surface area contributed by atoms with E-state index in [4.69, 9.17) is 5.11 Å². The Morgan fingerprint density at radius 3 is 2.63 bits per heavy atom. The van der Waals surface area contributed by atoms with Crippen LogP contribution in [0.1, 0.15) is 38.7 Å². The fourth-order valence-corrected chi connectivity index (χ4v) is 5.20. The standard InChI is InChI=1S/C19H29N3O7S/c1-13(2)5-6-14-10-16(22(26)27)7-8-18(14)30(28,29)20-17-12-21(19(24)25)11-15(17)4-3-9-23/h7-8,10,13,15,17,20,23H,3-6,9,11-12H2,1-2H3,(H,24,25)/t15-,17-/m1/s1. The van der Waals surface area contributed by atoms with Crippen LogP contribution in [0.4, 0.5) is 10.5 Å². The first-order valence-electron chi connectivity index (χ1n) is 9.93. The van der Waals surface area contributed by atoms with Gasteiger partial charge in [-0.25, -0.2) is 17.9 Å². The molecule has 1 aromatic carbocycles. The number of carboxylic acid groups (broad SMARTS) is 1. The van der Waals surface area contributed by atoms with Crippen LogP contribution in [0.2, 0.25) is 0 Å².